The van der Waals surface area contributed by atoms with Crippen LogP contribution in [-0.4, -0.2) is 76.6 Å². The number of rotatable bonds is 7. The summed E-state index contributed by atoms with van der Waals surface area (Å²) in [5.41, 5.74) is 0. The molecule has 2 aromatic rings. The lowest BCUT2D eigenvalue weighted by atomic mass is 10.2. The van der Waals surface area contributed by atoms with Crippen LogP contribution in [0.15, 0.2) is 6.20 Å². The van der Waals surface area contributed by atoms with Crippen molar-refractivity contribution in [2.24, 2.45) is 0 Å². The zero-order valence-electron chi connectivity index (χ0n) is 15.1. The van der Waals surface area contributed by atoms with Crippen LogP contribution in [0.25, 0.3) is 0 Å². The minimum absolute atomic E-state index is 0.110. The van der Waals surface area contributed by atoms with Crippen LogP contribution in [-0.2, 0) is 22.6 Å². The Bertz CT molecular complexity index is 700. The highest BCUT2D eigenvalue weighted by Gasteiger charge is 2.27. The highest BCUT2D eigenvalue weighted by molar-refractivity contribution is 7.15. The van der Waals surface area contributed by atoms with Crippen LogP contribution in [0.3, 0.4) is 0 Å². The number of hydrogen-bond acceptors (Lipinski definition) is 9. The van der Waals surface area contributed by atoms with Crippen LogP contribution in [0.1, 0.15) is 29.6 Å². The molecule has 26 heavy (non-hydrogen) atoms. The summed E-state index contributed by atoms with van der Waals surface area (Å²) in [4.78, 5) is 10.7. The molecule has 0 unspecified atom stereocenters. The van der Waals surface area contributed by atoms with E-state index in [1.54, 1.807) is 11.8 Å². The van der Waals surface area contributed by atoms with Crippen molar-refractivity contribution in [3.63, 3.8) is 0 Å². The number of nitrogens with zero attached hydrogens (tertiary/aromatic N) is 7. The minimum atomic E-state index is -0.110. The van der Waals surface area contributed by atoms with Gasteiger partial charge in [-0.3, -0.25) is 4.90 Å². The summed E-state index contributed by atoms with van der Waals surface area (Å²) in [6.45, 7) is 6.75. The number of morpholine rings is 1. The van der Waals surface area contributed by atoms with Crippen molar-refractivity contribution < 1.29 is 9.47 Å². The van der Waals surface area contributed by atoms with Gasteiger partial charge < -0.3 is 14.4 Å². The van der Waals surface area contributed by atoms with E-state index in [0.717, 1.165) is 43.7 Å². The Kier molecular flexibility index (Phi) is 5.73. The SMILES string of the molecule is COCCn1nnnc1[C@@H]1CN(Cc2cnc(N3CCCC3)s2)CCO1. The Morgan fingerprint density at radius 1 is 1.31 bits per heavy atom. The number of hydrogen-bond donors (Lipinski definition) is 0. The summed E-state index contributed by atoms with van der Waals surface area (Å²) in [6, 6.07) is 0. The van der Waals surface area contributed by atoms with Crippen LogP contribution < -0.4 is 4.90 Å². The monoisotopic (exact) mass is 379 g/mol. The molecule has 0 bridgehead atoms. The topological polar surface area (TPSA) is 81.4 Å². The largest absolute Gasteiger partial charge is 0.383 e. The highest BCUT2D eigenvalue weighted by Crippen LogP contribution is 2.28. The molecule has 2 fully saturated rings. The molecular formula is C16H25N7O2S. The van der Waals surface area contributed by atoms with Gasteiger partial charge in [0.25, 0.3) is 0 Å². The fourth-order valence-corrected chi connectivity index (χ4v) is 4.43. The van der Waals surface area contributed by atoms with Gasteiger partial charge in [0.2, 0.25) is 0 Å². The molecule has 4 heterocycles. The molecule has 2 aliphatic rings. The molecule has 142 valence electrons. The van der Waals surface area contributed by atoms with E-state index in [4.69, 9.17) is 9.47 Å². The van der Waals surface area contributed by atoms with E-state index in [0.29, 0.717) is 19.8 Å². The quantitative estimate of drug-likeness (QED) is 0.703. The van der Waals surface area contributed by atoms with Gasteiger partial charge in [-0.1, -0.05) is 0 Å². The van der Waals surface area contributed by atoms with Crippen LogP contribution in [0.4, 0.5) is 5.13 Å². The van der Waals surface area contributed by atoms with Crippen molar-refractivity contribution in [3.05, 3.63) is 16.9 Å². The summed E-state index contributed by atoms with van der Waals surface area (Å²) in [5.74, 6) is 0.772. The van der Waals surface area contributed by atoms with Gasteiger partial charge in [0.1, 0.15) is 6.10 Å². The van der Waals surface area contributed by atoms with Crippen molar-refractivity contribution in [3.8, 4) is 0 Å². The van der Waals surface area contributed by atoms with E-state index >= 15 is 0 Å². The molecule has 0 amide bonds. The molecule has 0 aromatic carbocycles. The van der Waals surface area contributed by atoms with Crippen molar-refractivity contribution in [2.75, 3.05) is 51.4 Å². The Morgan fingerprint density at radius 3 is 3.04 bits per heavy atom. The van der Waals surface area contributed by atoms with Gasteiger partial charge in [0.05, 0.1) is 19.8 Å². The molecule has 0 radical (unpaired) electrons. The molecule has 0 N–H and O–H groups in total. The van der Waals surface area contributed by atoms with Crippen molar-refractivity contribution >= 4 is 16.5 Å². The molecular weight excluding hydrogens is 354 g/mol. The molecule has 4 rings (SSSR count). The first-order valence-electron chi connectivity index (χ1n) is 9.12. The molecule has 2 aromatic heterocycles. The fraction of sp³-hybridized carbons (Fsp3) is 0.750. The molecule has 0 saturated carbocycles. The second kappa shape index (κ2) is 8.38. The van der Waals surface area contributed by atoms with Gasteiger partial charge in [0.15, 0.2) is 11.0 Å². The maximum Gasteiger partial charge on any atom is 0.185 e. The normalized spacial score (nSPS) is 21.6. The summed E-state index contributed by atoms with van der Waals surface area (Å²) < 4.78 is 12.8. The van der Waals surface area contributed by atoms with Crippen molar-refractivity contribution in [2.45, 2.75) is 32.0 Å². The third kappa shape index (κ3) is 4.03. The predicted molar refractivity (Wildman–Crippen MR) is 97.2 cm³/mol. The lowest BCUT2D eigenvalue weighted by molar-refractivity contribution is -0.0394. The smallest absolute Gasteiger partial charge is 0.185 e. The van der Waals surface area contributed by atoms with Gasteiger partial charge in [-0.25, -0.2) is 9.67 Å². The fourth-order valence-electron chi connectivity index (χ4n) is 3.43. The third-order valence-corrected chi connectivity index (χ3v) is 5.85. The third-order valence-electron chi connectivity index (χ3n) is 4.80. The first-order chi connectivity index (χ1) is 12.8. The molecule has 2 saturated heterocycles. The van der Waals surface area contributed by atoms with Crippen molar-refractivity contribution in [1.29, 1.82) is 0 Å². The Morgan fingerprint density at radius 2 is 2.19 bits per heavy atom. The molecule has 0 spiro atoms. The Hall–Kier alpha value is -1.62. The number of methoxy groups -OCH3 is 1. The lowest BCUT2D eigenvalue weighted by Gasteiger charge is -2.31. The van der Waals surface area contributed by atoms with Gasteiger partial charge in [-0.05, 0) is 23.3 Å². The van der Waals surface area contributed by atoms with Crippen LogP contribution >= 0.6 is 11.3 Å². The van der Waals surface area contributed by atoms with Gasteiger partial charge in [0, 0.05) is 50.9 Å². The van der Waals surface area contributed by atoms with E-state index in [1.165, 1.54) is 17.7 Å². The zero-order chi connectivity index (χ0) is 17.8. The van der Waals surface area contributed by atoms with Crippen molar-refractivity contribution in [1.82, 2.24) is 30.1 Å². The molecule has 9 nitrogen and oxygen atoms in total. The minimum Gasteiger partial charge on any atom is -0.383 e. The molecule has 10 heteroatoms. The highest BCUT2D eigenvalue weighted by atomic mass is 32.1. The zero-order valence-corrected chi connectivity index (χ0v) is 15.9. The van der Waals surface area contributed by atoms with Gasteiger partial charge >= 0.3 is 0 Å². The second-order valence-corrected chi connectivity index (χ2v) is 7.74. The average Bonchev–Trinajstić information content (AvgIpc) is 3.41. The van der Waals surface area contributed by atoms with E-state index in [-0.39, 0.29) is 6.10 Å². The maximum absolute atomic E-state index is 5.93. The first-order valence-corrected chi connectivity index (χ1v) is 9.94. The predicted octanol–water partition coefficient (Wildman–Crippen LogP) is 0.950. The number of tetrazole rings is 1. The first kappa shape index (κ1) is 17.8. The summed E-state index contributed by atoms with van der Waals surface area (Å²) in [7, 11) is 1.67. The lowest BCUT2D eigenvalue weighted by Crippen LogP contribution is -2.38. The summed E-state index contributed by atoms with van der Waals surface area (Å²) in [6.07, 6.45) is 4.46. The van der Waals surface area contributed by atoms with Crippen LogP contribution in [0.2, 0.25) is 0 Å². The number of aromatic nitrogens is 5. The average molecular weight is 379 g/mol. The number of thiazole rings is 1. The molecule has 0 aliphatic carbocycles. The summed E-state index contributed by atoms with van der Waals surface area (Å²) >= 11 is 1.81. The second-order valence-electron chi connectivity index (χ2n) is 6.65. The Labute approximate surface area is 156 Å². The van der Waals surface area contributed by atoms with Crippen LogP contribution in [0.5, 0.6) is 0 Å². The molecule has 2 aliphatic heterocycles. The standard InChI is InChI=1S/C16H25N7O2S/c1-24-8-7-23-15(18-19-20-23)14-12-21(6-9-25-14)11-13-10-17-16(26-13)22-4-2-3-5-22/h10,14H,2-9,11-12H2,1H3/t14-/m0/s1. The van der Waals surface area contributed by atoms with E-state index in [2.05, 4.69) is 30.3 Å². The van der Waals surface area contributed by atoms with E-state index < -0.39 is 0 Å². The van der Waals surface area contributed by atoms with E-state index in [1.807, 2.05) is 17.5 Å². The number of ether oxygens (including phenoxy) is 2. The maximum atomic E-state index is 5.93. The van der Waals surface area contributed by atoms with Gasteiger partial charge in [-0.2, -0.15) is 0 Å². The molecule has 1 atom stereocenters. The van der Waals surface area contributed by atoms with E-state index in [9.17, 15) is 0 Å². The number of anilines is 1. The summed E-state index contributed by atoms with van der Waals surface area (Å²) in [5, 5.41) is 13.2. The Balaban J connectivity index is 1.37. The van der Waals surface area contributed by atoms with Crippen LogP contribution in [0, 0.1) is 0 Å². The van der Waals surface area contributed by atoms with Gasteiger partial charge in [-0.15, -0.1) is 16.4 Å².